The van der Waals surface area contributed by atoms with Gasteiger partial charge in [-0.15, -0.1) is 0 Å². The summed E-state index contributed by atoms with van der Waals surface area (Å²) in [6, 6.07) is 7.83. The highest BCUT2D eigenvalue weighted by molar-refractivity contribution is 5.96. The fourth-order valence-corrected chi connectivity index (χ4v) is 2.60. The number of halogens is 1. The monoisotopic (exact) mass is 293 g/mol. The highest BCUT2D eigenvalue weighted by Crippen LogP contribution is 2.24. The van der Waals surface area contributed by atoms with Crippen molar-refractivity contribution in [2.24, 2.45) is 0 Å². The van der Waals surface area contributed by atoms with Crippen LogP contribution in [0.3, 0.4) is 0 Å². The molecule has 0 aromatic heterocycles. The Morgan fingerprint density at radius 1 is 1.33 bits per heavy atom. The average molecular weight is 293 g/mol. The molecule has 1 aromatic carbocycles. The lowest BCUT2D eigenvalue weighted by molar-refractivity contribution is -0.122. The van der Waals surface area contributed by atoms with Gasteiger partial charge < -0.3 is 14.7 Å². The summed E-state index contributed by atoms with van der Waals surface area (Å²) in [5, 5.41) is 0. The highest BCUT2D eigenvalue weighted by Gasteiger charge is 2.21. The first kappa shape index (κ1) is 15.8. The molecule has 1 unspecified atom stereocenters. The molecule has 0 saturated carbocycles. The van der Waals surface area contributed by atoms with Gasteiger partial charge in [0, 0.05) is 44.1 Å². The van der Waals surface area contributed by atoms with Gasteiger partial charge in [0.1, 0.15) is 0 Å². The van der Waals surface area contributed by atoms with Crippen LogP contribution in [0.1, 0.15) is 13.8 Å². The second-order valence-electron chi connectivity index (χ2n) is 5.51. The molecule has 1 saturated heterocycles. The number of piperazine rings is 1. The van der Waals surface area contributed by atoms with Crippen LogP contribution in [0.25, 0.3) is 0 Å². The van der Waals surface area contributed by atoms with E-state index in [1.165, 1.54) is 11.8 Å². The molecule has 1 aliphatic heterocycles. The van der Waals surface area contributed by atoms with Crippen LogP contribution in [-0.2, 0) is 4.79 Å². The number of nitrogens with zero attached hydrogens (tertiary/aromatic N) is 3. The maximum Gasteiger partial charge on any atom is 0.261 e. The van der Waals surface area contributed by atoms with Crippen molar-refractivity contribution in [3.8, 4) is 0 Å². The minimum atomic E-state index is -1.47. The molecule has 2 rings (SSSR count). The summed E-state index contributed by atoms with van der Waals surface area (Å²) in [5.41, 5.74) is 1.86. The minimum absolute atomic E-state index is 0.472. The van der Waals surface area contributed by atoms with Gasteiger partial charge in [-0.05, 0) is 39.1 Å². The third-order valence-electron chi connectivity index (χ3n) is 3.93. The van der Waals surface area contributed by atoms with Gasteiger partial charge in [-0.3, -0.25) is 4.79 Å². The maximum absolute atomic E-state index is 13.3. The van der Waals surface area contributed by atoms with Gasteiger partial charge in [0.25, 0.3) is 5.91 Å². The molecule has 0 N–H and O–H groups in total. The van der Waals surface area contributed by atoms with E-state index in [4.69, 9.17) is 0 Å². The van der Waals surface area contributed by atoms with Gasteiger partial charge in [-0.25, -0.2) is 4.39 Å². The van der Waals surface area contributed by atoms with Gasteiger partial charge >= 0.3 is 0 Å². The number of carbonyl (C=O) groups excluding carboxylic acids is 1. The van der Waals surface area contributed by atoms with Crippen molar-refractivity contribution in [3.05, 3.63) is 24.3 Å². The Labute approximate surface area is 126 Å². The second-order valence-corrected chi connectivity index (χ2v) is 5.51. The number of carbonyl (C=O) groups is 1. The molecule has 4 nitrogen and oxygen atoms in total. The molecular weight excluding hydrogens is 269 g/mol. The fraction of sp³-hybridized carbons (Fsp3) is 0.562. The molecule has 5 heteroatoms. The number of alkyl halides is 1. The quantitative estimate of drug-likeness (QED) is 0.851. The lowest BCUT2D eigenvalue weighted by Gasteiger charge is -2.34. The van der Waals surface area contributed by atoms with E-state index in [2.05, 4.69) is 16.8 Å². The summed E-state index contributed by atoms with van der Waals surface area (Å²) in [7, 11) is 2.12. The molecule has 0 spiro atoms. The topological polar surface area (TPSA) is 26.8 Å². The molecule has 1 atom stereocenters. The van der Waals surface area contributed by atoms with Crippen molar-refractivity contribution >= 4 is 17.3 Å². The van der Waals surface area contributed by atoms with E-state index in [1.807, 2.05) is 31.2 Å². The van der Waals surface area contributed by atoms with Crippen molar-refractivity contribution < 1.29 is 9.18 Å². The zero-order valence-electron chi connectivity index (χ0n) is 13.1. The van der Waals surface area contributed by atoms with Gasteiger partial charge in [-0.1, -0.05) is 6.07 Å². The number of anilines is 2. The summed E-state index contributed by atoms with van der Waals surface area (Å²) in [5.74, 6) is -0.479. The van der Waals surface area contributed by atoms with E-state index in [9.17, 15) is 9.18 Å². The number of rotatable bonds is 4. The predicted octanol–water partition coefficient (Wildman–Crippen LogP) is 2.15. The Hall–Kier alpha value is -1.62. The van der Waals surface area contributed by atoms with Gasteiger partial charge in [0.05, 0.1) is 0 Å². The number of hydrogen-bond acceptors (Lipinski definition) is 3. The van der Waals surface area contributed by atoms with Gasteiger partial charge in [-0.2, -0.15) is 0 Å². The van der Waals surface area contributed by atoms with Crippen LogP contribution >= 0.6 is 0 Å². The first-order chi connectivity index (χ1) is 10.0. The minimum Gasteiger partial charge on any atom is -0.369 e. The molecule has 1 aromatic rings. The van der Waals surface area contributed by atoms with Crippen molar-refractivity contribution in [3.63, 3.8) is 0 Å². The number of hydrogen-bond donors (Lipinski definition) is 0. The lowest BCUT2D eigenvalue weighted by Crippen LogP contribution is -2.44. The SMILES string of the molecule is CCN(C(=O)C(C)F)c1cccc(N2CCN(C)CC2)c1. The first-order valence-corrected chi connectivity index (χ1v) is 7.52. The van der Waals surface area contributed by atoms with E-state index >= 15 is 0 Å². The van der Waals surface area contributed by atoms with Crippen LogP contribution < -0.4 is 9.80 Å². The summed E-state index contributed by atoms with van der Waals surface area (Å²) < 4.78 is 13.3. The molecule has 0 radical (unpaired) electrons. The molecule has 1 heterocycles. The number of amides is 1. The third-order valence-corrected chi connectivity index (χ3v) is 3.93. The van der Waals surface area contributed by atoms with Crippen LogP contribution in [0.5, 0.6) is 0 Å². The summed E-state index contributed by atoms with van der Waals surface area (Å²) in [4.78, 5) is 18.0. The van der Waals surface area contributed by atoms with E-state index in [-0.39, 0.29) is 0 Å². The first-order valence-electron chi connectivity index (χ1n) is 7.52. The largest absolute Gasteiger partial charge is 0.369 e. The van der Waals surface area contributed by atoms with Crippen molar-refractivity contribution in [1.82, 2.24) is 4.90 Å². The van der Waals surface area contributed by atoms with E-state index in [1.54, 1.807) is 0 Å². The number of likely N-dealkylation sites (N-methyl/N-ethyl adjacent to an activating group) is 1. The Morgan fingerprint density at radius 3 is 2.57 bits per heavy atom. The Bertz CT molecular complexity index is 484. The molecular formula is C16H24FN3O. The van der Waals surface area contributed by atoms with Crippen molar-refractivity contribution in [2.75, 3.05) is 49.6 Å². The highest BCUT2D eigenvalue weighted by atomic mass is 19.1. The van der Waals surface area contributed by atoms with Gasteiger partial charge in [0.2, 0.25) is 0 Å². The fourth-order valence-electron chi connectivity index (χ4n) is 2.60. The maximum atomic E-state index is 13.3. The molecule has 21 heavy (non-hydrogen) atoms. The smallest absolute Gasteiger partial charge is 0.261 e. The Balaban J connectivity index is 2.18. The molecule has 1 aliphatic rings. The third kappa shape index (κ3) is 3.73. The van der Waals surface area contributed by atoms with E-state index < -0.39 is 12.1 Å². The molecule has 1 amide bonds. The predicted molar refractivity (Wildman–Crippen MR) is 84.7 cm³/mol. The molecule has 0 bridgehead atoms. The average Bonchev–Trinajstić information content (AvgIpc) is 2.49. The summed E-state index contributed by atoms with van der Waals surface area (Å²) >= 11 is 0. The van der Waals surface area contributed by atoms with Gasteiger partial charge in [0.15, 0.2) is 6.17 Å². The number of benzene rings is 1. The Morgan fingerprint density at radius 2 is 2.00 bits per heavy atom. The van der Waals surface area contributed by atoms with E-state index in [0.717, 1.165) is 37.6 Å². The lowest BCUT2D eigenvalue weighted by atomic mass is 10.2. The van der Waals surface area contributed by atoms with Crippen LogP contribution in [-0.4, -0.2) is 56.8 Å². The zero-order valence-corrected chi connectivity index (χ0v) is 13.1. The van der Waals surface area contributed by atoms with Crippen LogP contribution in [0.15, 0.2) is 24.3 Å². The Kier molecular flexibility index (Phi) is 5.17. The van der Waals surface area contributed by atoms with Crippen molar-refractivity contribution in [1.29, 1.82) is 0 Å². The standard InChI is InChI=1S/C16H24FN3O/c1-4-20(16(21)13(2)17)15-7-5-6-14(12-15)19-10-8-18(3)9-11-19/h5-7,12-13H,4,8-11H2,1-3H3. The molecule has 0 aliphatic carbocycles. The van der Waals surface area contributed by atoms with Crippen LogP contribution in [0.4, 0.5) is 15.8 Å². The van der Waals surface area contributed by atoms with Crippen LogP contribution in [0.2, 0.25) is 0 Å². The molecule has 116 valence electrons. The summed E-state index contributed by atoms with van der Waals surface area (Å²) in [6.07, 6.45) is -1.47. The zero-order chi connectivity index (χ0) is 15.4. The molecule has 1 fully saturated rings. The summed E-state index contributed by atoms with van der Waals surface area (Å²) in [6.45, 7) is 7.63. The second kappa shape index (κ2) is 6.89. The van der Waals surface area contributed by atoms with E-state index in [0.29, 0.717) is 6.54 Å². The van der Waals surface area contributed by atoms with Crippen molar-refractivity contribution in [2.45, 2.75) is 20.0 Å². The normalized spacial score (nSPS) is 17.6. The van der Waals surface area contributed by atoms with Crippen LogP contribution in [0, 0.1) is 0 Å².